The molecule has 0 aliphatic heterocycles. The van der Waals surface area contributed by atoms with Gasteiger partial charge in [0.2, 0.25) is 0 Å². The number of ether oxygens (including phenoxy) is 2. The maximum absolute atomic E-state index is 12.2. The van der Waals surface area contributed by atoms with Gasteiger partial charge in [0.25, 0.3) is 5.91 Å². The molecule has 0 fully saturated rings. The summed E-state index contributed by atoms with van der Waals surface area (Å²) in [5.74, 6) is -0.654. The number of carbonyl (C=O) groups is 2. The zero-order valence-corrected chi connectivity index (χ0v) is 13.7. The fourth-order valence-corrected chi connectivity index (χ4v) is 1.91. The lowest BCUT2D eigenvalue weighted by Crippen LogP contribution is -2.30. The Hall–Kier alpha value is -3.53. The van der Waals surface area contributed by atoms with Crippen LogP contribution < -0.4 is 10.1 Å². The summed E-state index contributed by atoms with van der Waals surface area (Å²) in [4.78, 5) is 24.2. The lowest BCUT2D eigenvalue weighted by molar-refractivity contribution is -0.148. The number of hydrogen-bond donors (Lipinski definition) is 1. The Morgan fingerprint density at radius 2 is 2.04 bits per heavy atom. The first-order chi connectivity index (χ1) is 12.0. The van der Waals surface area contributed by atoms with E-state index in [0.29, 0.717) is 17.2 Å². The van der Waals surface area contributed by atoms with Gasteiger partial charge in [0.1, 0.15) is 23.2 Å². The topological polar surface area (TPSA) is 102 Å². The van der Waals surface area contributed by atoms with Crippen molar-refractivity contribution in [3.8, 4) is 11.8 Å². The number of nitriles is 1. The first-order valence-electron chi connectivity index (χ1n) is 7.35. The molecule has 128 valence electrons. The molecule has 0 bridgehead atoms. The van der Waals surface area contributed by atoms with E-state index in [1.165, 1.54) is 26.4 Å². The van der Waals surface area contributed by atoms with Gasteiger partial charge in [-0.05, 0) is 31.2 Å². The van der Waals surface area contributed by atoms with Gasteiger partial charge in [-0.1, -0.05) is 12.1 Å². The molecular weight excluding hydrogens is 324 g/mol. The molecule has 0 aliphatic rings. The third-order valence-corrected chi connectivity index (χ3v) is 3.19. The number of nitrogens with one attached hydrogen (secondary N) is 1. The zero-order chi connectivity index (χ0) is 18.2. The summed E-state index contributed by atoms with van der Waals surface area (Å²) in [6.45, 7) is 1.41. The van der Waals surface area contributed by atoms with Crippen LogP contribution in [0.25, 0.3) is 6.08 Å². The van der Waals surface area contributed by atoms with E-state index in [0.717, 1.165) is 0 Å². The van der Waals surface area contributed by atoms with Gasteiger partial charge in [-0.3, -0.25) is 4.79 Å². The fourth-order valence-electron chi connectivity index (χ4n) is 1.91. The van der Waals surface area contributed by atoms with Crippen LogP contribution in [0.3, 0.4) is 0 Å². The zero-order valence-electron chi connectivity index (χ0n) is 13.7. The Kier molecular flexibility index (Phi) is 5.96. The minimum absolute atomic E-state index is 0.271. The Bertz CT molecular complexity index is 818. The summed E-state index contributed by atoms with van der Waals surface area (Å²) in [5.41, 5.74) is 0.177. The van der Waals surface area contributed by atoms with E-state index in [9.17, 15) is 9.59 Å². The summed E-state index contributed by atoms with van der Waals surface area (Å²) in [7, 11) is 1.48. The van der Waals surface area contributed by atoms with E-state index in [1.54, 1.807) is 42.5 Å². The summed E-state index contributed by atoms with van der Waals surface area (Å²) >= 11 is 0. The van der Waals surface area contributed by atoms with Crippen molar-refractivity contribution in [3.63, 3.8) is 0 Å². The van der Waals surface area contributed by atoms with E-state index in [-0.39, 0.29) is 5.57 Å². The lowest BCUT2D eigenvalue weighted by atomic mass is 10.2. The van der Waals surface area contributed by atoms with Crippen LogP contribution in [0.5, 0.6) is 5.75 Å². The van der Waals surface area contributed by atoms with Crippen LogP contribution >= 0.6 is 0 Å². The van der Waals surface area contributed by atoms with Crippen molar-refractivity contribution in [2.24, 2.45) is 0 Å². The van der Waals surface area contributed by atoms with Crippen LogP contribution in [0.15, 0.2) is 52.7 Å². The quantitative estimate of drug-likeness (QED) is 0.493. The number of esters is 1. The molecule has 1 N–H and O–H groups in total. The maximum Gasteiger partial charge on any atom is 0.349 e. The van der Waals surface area contributed by atoms with E-state index in [1.807, 2.05) is 0 Å². The molecule has 7 nitrogen and oxygen atoms in total. The van der Waals surface area contributed by atoms with Crippen LogP contribution in [0.2, 0.25) is 0 Å². The van der Waals surface area contributed by atoms with E-state index in [4.69, 9.17) is 19.2 Å². The number of methoxy groups -OCH3 is 1. The highest BCUT2D eigenvalue weighted by Gasteiger charge is 2.21. The molecule has 1 atom stereocenters. The van der Waals surface area contributed by atoms with Crippen molar-refractivity contribution in [2.45, 2.75) is 13.0 Å². The van der Waals surface area contributed by atoms with Gasteiger partial charge >= 0.3 is 5.97 Å². The number of rotatable bonds is 6. The third kappa shape index (κ3) is 4.72. The SMILES string of the molecule is COc1ccccc1NC(=O)[C@H](C)OC(=O)/C(C#N)=C/c1ccco1. The predicted molar refractivity (Wildman–Crippen MR) is 89.5 cm³/mol. The highest BCUT2D eigenvalue weighted by molar-refractivity contribution is 6.01. The highest BCUT2D eigenvalue weighted by atomic mass is 16.5. The second-order valence-corrected chi connectivity index (χ2v) is 4.92. The molecule has 2 aromatic rings. The number of benzene rings is 1. The molecule has 1 aromatic heterocycles. The summed E-state index contributed by atoms with van der Waals surface area (Å²) in [6.07, 6.45) is 1.55. The summed E-state index contributed by atoms with van der Waals surface area (Å²) < 4.78 is 15.2. The predicted octanol–water partition coefficient (Wildman–Crippen LogP) is 2.77. The molecular formula is C18H16N2O5. The standard InChI is InChI=1S/C18H16N2O5/c1-12(17(21)20-15-7-3-4-8-16(15)23-2)25-18(22)13(11-19)10-14-6-5-9-24-14/h3-10,12H,1-2H3,(H,20,21)/b13-10+/t12-/m0/s1. The molecule has 0 saturated carbocycles. The Morgan fingerprint density at radius 1 is 1.28 bits per heavy atom. The van der Waals surface area contributed by atoms with Gasteiger partial charge in [0, 0.05) is 6.08 Å². The van der Waals surface area contributed by atoms with Crippen molar-refractivity contribution < 1.29 is 23.5 Å². The molecule has 0 radical (unpaired) electrons. The molecule has 1 aromatic carbocycles. The largest absolute Gasteiger partial charge is 0.495 e. The summed E-state index contributed by atoms with van der Waals surface area (Å²) in [5, 5.41) is 11.7. The molecule has 2 rings (SSSR count). The number of anilines is 1. The Morgan fingerprint density at radius 3 is 2.68 bits per heavy atom. The van der Waals surface area contributed by atoms with Crippen LogP contribution in [-0.4, -0.2) is 25.1 Å². The van der Waals surface area contributed by atoms with Crippen LogP contribution in [0, 0.1) is 11.3 Å². The second kappa shape index (κ2) is 8.36. The van der Waals surface area contributed by atoms with E-state index < -0.39 is 18.0 Å². The van der Waals surface area contributed by atoms with E-state index >= 15 is 0 Å². The second-order valence-electron chi connectivity index (χ2n) is 4.92. The molecule has 1 heterocycles. The molecule has 0 saturated heterocycles. The van der Waals surface area contributed by atoms with Gasteiger partial charge in [0.05, 0.1) is 19.1 Å². The average molecular weight is 340 g/mol. The number of carbonyl (C=O) groups excluding carboxylic acids is 2. The van der Waals surface area contributed by atoms with Gasteiger partial charge in [-0.2, -0.15) is 5.26 Å². The number of hydrogen-bond acceptors (Lipinski definition) is 6. The van der Waals surface area contributed by atoms with Crippen molar-refractivity contribution in [2.75, 3.05) is 12.4 Å². The average Bonchev–Trinajstić information content (AvgIpc) is 3.13. The normalized spacial score (nSPS) is 12.0. The van der Waals surface area contributed by atoms with Crippen LogP contribution in [-0.2, 0) is 14.3 Å². The smallest absolute Gasteiger partial charge is 0.349 e. The molecule has 0 spiro atoms. The van der Waals surface area contributed by atoms with Gasteiger partial charge < -0.3 is 19.2 Å². The number of nitrogens with zero attached hydrogens (tertiary/aromatic N) is 1. The molecule has 25 heavy (non-hydrogen) atoms. The van der Waals surface area contributed by atoms with Crippen molar-refractivity contribution in [3.05, 3.63) is 54.0 Å². The lowest BCUT2D eigenvalue weighted by Gasteiger charge is -2.14. The minimum Gasteiger partial charge on any atom is -0.495 e. The fraction of sp³-hybridized carbons (Fsp3) is 0.167. The van der Waals surface area contributed by atoms with Gasteiger partial charge in [-0.25, -0.2) is 4.79 Å². The molecule has 0 aliphatic carbocycles. The minimum atomic E-state index is -1.11. The van der Waals surface area contributed by atoms with Crippen molar-refractivity contribution in [1.29, 1.82) is 5.26 Å². The van der Waals surface area contributed by atoms with Crippen LogP contribution in [0.1, 0.15) is 12.7 Å². The van der Waals surface area contributed by atoms with Gasteiger partial charge in [-0.15, -0.1) is 0 Å². The first-order valence-corrected chi connectivity index (χ1v) is 7.35. The number of furan rings is 1. The van der Waals surface area contributed by atoms with Crippen molar-refractivity contribution >= 4 is 23.6 Å². The Balaban J connectivity index is 2.03. The maximum atomic E-state index is 12.2. The first kappa shape index (κ1) is 17.8. The Labute approximate surface area is 144 Å². The summed E-state index contributed by atoms with van der Waals surface area (Å²) in [6, 6.07) is 11.8. The molecule has 0 unspecified atom stereocenters. The molecule has 1 amide bonds. The van der Waals surface area contributed by atoms with E-state index in [2.05, 4.69) is 5.32 Å². The van der Waals surface area contributed by atoms with Crippen molar-refractivity contribution in [1.82, 2.24) is 0 Å². The third-order valence-electron chi connectivity index (χ3n) is 3.19. The highest BCUT2D eigenvalue weighted by Crippen LogP contribution is 2.23. The number of para-hydroxylation sites is 2. The number of amides is 1. The monoisotopic (exact) mass is 340 g/mol. The molecule has 7 heteroatoms. The van der Waals surface area contributed by atoms with Crippen LogP contribution in [0.4, 0.5) is 5.69 Å². The van der Waals surface area contributed by atoms with Gasteiger partial charge in [0.15, 0.2) is 6.10 Å².